The monoisotopic (exact) mass is 534 g/mol. The van der Waals surface area contributed by atoms with Crippen LogP contribution in [0.1, 0.15) is 37.7 Å². The predicted octanol–water partition coefficient (Wildman–Crippen LogP) is 4.37. The van der Waals surface area contributed by atoms with E-state index in [1.165, 1.54) is 23.8 Å². The maximum absolute atomic E-state index is 13.8. The second kappa shape index (κ2) is 10.6. The summed E-state index contributed by atoms with van der Waals surface area (Å²) in [5.41, 5.74) is -0.0539. The molecule has 0 spiro atoms. The number of halogens is 1. The summed E-state index contributed by atoms with van der Waals surface area (Å²) in [5.74, 6) is -0.157. The van der Waals surface area contributed by atoms with Gasteiger partial charge >= 0.3 is 0 Å². The lowest BCUT2D eigenvalue weighted by atomic mass is 10.1. The van der Waals surface area contributed by atoms with Crippen LogP contribution in [0.4, 0.5) is 0 Å². The van der Waals surface area contributed by atoms with Gasteiger partial charge in [-0.05, 0) is 42.2 Å². The maximum atomic E-state index is 13.8. The van der Waals surface area contributed by atoms with Gasteiger partial charge in [0.1, 0.15) is 5.82 Å². The molecule has 0 aliphatic rings. The van der Waals surface area contributed by atoms with E-state index in [1.54, 1.807) is 12.1 Å². The molecule has 3 rings (SSSR count). The third-order valence-electron chi connectivity index (χ3n) is 5.29. The quantitative estimate of drug-likeness (QED) is 0.437. The highest BCUT2D eigenvalue weighted by atomic mass is 79.9. The van der Waals surface area contributed by atoms with Crippen LogP contribution >= 0.6 is 15.9 Å². The molecule has 2 aromatic carbocycles. The number of sulfone groups is 1. The van der Waals surface area contributed by atoms with E-state index < -0.39 is 32.2 Å². The molecule has 0 aliphatic carbocycles. The molecule has 7 nitrogen and oxygen atoms in total. The average Bonchev–Trinajstić information content (AvgIpc) is 2.77. The lowest BCUT2D eigenvalue weighted by Crippen LogP contribution is -2.35. The van der Waals surface area contributed by atoms with E-state index in [-0.39, 0.29) is 11.5 Å². The van der Waals surface area contributed by atoms with Crippen LogP contribution in [0.5, 0.6) is 5.88 Å². The van der Waals surface area contributed by atoms with Gasteiger partial charge in [0.25, 0.3) is 5.56 Å². The molecule has 0 amide bonds. The lowest BCUT2D eigenvalue weighted by molar-refractivity contribution is 0.165. The van der Waals surface area contributed by atoms with Gasteiger partial charge in [0, 0.05) is 18.0 Å². The van der Waals surface area contributed by atoms with E-state index in [0.29, 0.717) is 29.1 Å². The molecule has 1 heterocycles. The van der Waals surface area contributed by atoms with Crippen molar-refractivity contribution in [1.82, 2.24) is 9.55 Å². The molecule has 0 radical (unpaired) electrons. The van der Waals surface area contributed by atoms with E-state index in [0.717, 1.165) is 5.56 Å². The highest BCUT2D eigenvalue weighted by Crippen LogP contribution is 2.28. The topological polar surface area (TPSA) is 98.5 Å². The van der Waals surface area contributed by atoms with Gasteiger partial charge in [0.2, 0.25) is 15.7 Å². The average molecular weight is 535 g/mol. The van der Waals surface area contributed by atoms with Gasteiger partial charge in [0.05, 0.1) is 17.5 Å². The molecular formula is C24H27BrN2O5S. The Morgan fingerprint density at radius 1 is 1.09 bits per heavy atom. The van der Waals surface area contributed by atoms with E-state index in [2.05, 4.69) is 20.9 Å². The fourth-order valence-corrected chi connectivity index (χ4v) is 5.19. The summed E-state index contributed by atoms with van der Waals surface area (Å²) in [6.07, 6.45) is 1.10. The van der Waals surface area contributed by atoms with Gasteiger partial charge < -0.3 is 9.84 Å². The Morgan fingerprint density at radius 3 is 2.30 bits per heavy atom. The standard InChI is InChI=1S/C24H27BrN2O5S/c1-16(2)9-14-21-26-23(28)22(33(30,31)19-12-10-18(25)11-13-19)24(29)27(21)20(15-32-3)17-7-5-4-6-8-17/h4-8,10-13,16,20,28H,9,14-15H2,1-3H3. The first-order valence-corrected chi connectivity index (χ1v) is 12.8. The summed E-state index contributed by atoms with van der Waals surface area (Å²) < 4.78 is 34.2. The number of aryl methyl sites for hydroxylation is 1. The molecule has 176 valence electrons. The molecule has 1 atom stereocenters. The number of benzene rings is 2. The van der Waals surface area contributed by atoms with Crippen molar-refractivity contribution in [2.45, 2.75) is 42.5 Å². The maximum Gasteiger partial charge on any atom is 0.277 e. The van der Waals surface area contributed by atoms with Gasteiger partial charge in [-0.1, -0.05) is 60.1 Å². The van der Waals surface area contributed by atoms with Crippen LogP contribution in [-0.2, 0) is 21.0 Å². The number of methoxy groups -OCH3 is 1. The van der Waals surface area contributed by atoms with Gasteiger partial charge in [-0.3, -0.25) is 9.36 Å². The molecule has 1 unspecified atom stereocenters. The Labute approximate surface area is 202 Å². The van der Waals surface area contributed by atoms with E-state index in [4.69, 9.17) is 4.74 Å². The molecule has 0 saturated carbocycles. The molecule has 0 fully saturated rings. The smallest absolute Gasteiger partial charge is 0.277 e. The largest absolute Gasteiger partial charge is 0.492 e. The van der Waals surface area contributed by atoms with Crippen LogP contribution in [0, 0.1) is 5.92 Å². The Balaban J connectivity index is 2.29. The molecular weight excluding hydrogens is 508 g/mol. The number of hydrogen-bond donors (Lipinski definition) is 1. The molecule has 1 aromatic heterocycles. The number of ether oxygens (including phenoxy) is 1. The molecule has 9 heteroatoms. The Kier molecular flexibility index (Phi) is 8.10. The zero-order valence-electron chi connectivity index (χ0n) is 18.7. The predicted molar refractivity (Wildman–Crippen MR) is 129 cm³/mol. The second-order valence-corrected chi connectivity index (χ2v) is 10.9. The highest BCUT2D eigenvalue weighted by molar-refractivity contribution is 9.10. The molecule has 0 saturated heterocycles. The minimum Gasteiger partial charge on any atom is -0.492 e. The molecule has 1 N–H and O–H groups in total. The van der Waals surface area contributed by atoms with Crippen LogP contribution in [0.2, 0.25) is 0 Å². The SMILES string of the molecule is COCC(c1ccccc1)n1c(CCC(C)C)nc(O)c(S(=O)(=O)c2ccc(Br)cc2)c1=O. The number of aromatic hydroxyl groups is 1. The Bertz CT molecular complexity index is 1260. The normalized spacial score (nSPS) is 12.8. The van der Waals surface area contributed by atoms with Crippen molar-refractivity contribution in [2.24, 2.45) is 5.92 Å². The number of nitrogens with zero attached hydrogens (tertiary/aromatic N) is 2. The van der Waals surface area contributed by atoms with Gasteiger partial charge in [-0.25, -0.2) is 8.42 Å². The number of hydrogen-bond acceptors (Lipinski definition) is 6. The van der Waals surface area contributed by atoms with Gasteiger partial charge in [0.15, 0.2) is 4.90 Å². The highest BCUT2D eigenvalue weighted by Gasteiger charge is 2.32. The van der Waals surface area contributed by atoms with Gasteiger partial charge in [-0.15, -0.1) is 0 Å². The van der Waals surface area contributed by atoms with Crippen LogP contribution in [0.25, 0.3) is 0 Å². The van der Waals surface area contributed by atoms with Gasteiger partial charge in [-0.2, -0.15) is 4.98 Å². The second-order valence-electron chi connectivity index (χ2n) is 8.13. The van der Waals surface area contributed by atoms with Crippen molar-refractivity contribution in [2.75, 3.05) is 13.7 Å². The minimum atomic E-state index is -4.33. The third kappa shape index (κ3) is 5.54. The fraction of sp³-hybridized carbons (Fsp3) is 0.333. The first-order valence-electron chi connectivity index (χ1n) is 10.6. The summed E-state index contributed by atoms with van der Waals surface area (Å²) in [4.78, 5) is 17.1. The summed E-state index contributed by atoms with van der Waals surface area (Å²) in [6, 6.07) is 14.5. The fourth-order valence-electron chi connectivity index (χ4n) is 3.58. The first kappa shape index (κ1) is 25.1. The first-order chi connectivity index (χ1) is 15.7. The lowest BCUT2D eigenvalue weighted by Gasteiger charge is -2.24. The Hall–Kier alpha value is -2.49. The third-order valence-corrected chi connectivity index (χ3v) is 7.60. The van der Waals surface area contributed by atoms with E-state index in [9.17, 15) is 18.3 Å². The summed E-state index contributed by atoms with van der Waals surface area (Å²) in [6.45, 7) is 4.21. The number of aromatic nitrogens is 2. The van der Waals surface area contributed by atoms with Crippen molar-refractivity contribution in [1.29, 1.82) is 0 Å². The zero-order chi connectivity index (χ0) is 24.2. The van der Waals surface area contributed by atoms with E-state index >= 15 is 0 Å². The number of rotatable bonds is 9. The van der Waals surface area contributed by atoms with Crippen LogP contribution in [0.3, 0.4) is 0 Å². The van der Waals surface area contributed by atoms with Crippen molar-refractivity contribution in [3.8, 4) is 5.88 Å². The van der Waals surface area contributed by atoms with Crippen molar-refractivity contribution in [3.63, 3.8) is 0 Å². The van der Waals surface area contributed by atoms with Crippen molar-refractivity contribution < 1.29 is 18.3 Å². The summed E-state index contributed by atoms with van der Waals surface area (Å²) in [5, 5.41) is 10.7. The van der Waals surface area contributed by atoms with Crippen molar-refractivity contribution in [3.05, 3.63) is 80.8 Å². The molecule has 0 bridgehead atoms. The summed E-state index contributed by atoms with van der Waals surface area (Å²) in [7, 11) is -2.81. The Morgan fingerprint density at radius 2 is 1.73 bits per heavy atom. The van der Waals surface area contributed by atoms with Crippen LogP contribution in [0.15, 0.2) is 73.7 Å². The van der Waals surface area contributed by atoms with Crippen molar-refractivity contribution >= 4 is 25.8 Å². The minimum absolute atomic E-state index is 0.107. The van der Waals surface area contributed by atoms with Crippen LogP contribution < -0.4 is 5.56 Å². The zero-order valence-corrected chi connectivity index (χ0v) is 21.1. The van der Waals surface area contributed by atoms with Crippen LogP contribution in [-0.4, -0.2) is 36.8 Å². The summed E-state index contributed by atoms with van der Waals surface area (Å²) >= 11 is 3.27. The molecule has 0 aliphatic heterocycles. The molecule has 33 heavy (non-hydrogen) atoms. The molecule has 3 aromatic rings. The van der Waals surface area contributed by atoms with E-state index in [1.807, 2.05) is 44.2 Å².